The molecule has 0 saturated heterocycles. The van der Waals surface area contributed by atoms with E-state index in [-0.39, 0.29) is 24.3 Å². The summed E-state index contributed by atoms with van der Waals surface area (Å²) in [6.45, 7) is 3.86. The average molecular weight is 302 g/mol. The Morgan fingerprint density at radius 1 is 1.17 bits per heavy atom. The maximum Gasteiger partial charge on any atom is 0.249 e. The van der Waals surface area contributed by atoms with Gasteiger partial charge in [-0.25, -0.2) is 19.5 Å². The van der Waals surface area contributed by atoms with E-state index in [2.05, 4.69) is 19.5 Å². The standard InChI is InChI=1S/C9H18N2O5S2/c1-6(8(12)10-15-17)3-4-14-5-7(2)9(13)11-16-18/h6-7,17-18H,3-5H2,1-2H3,(H,10,12)(H,11,13)/i/hT2. The van der Waals surface area contributed by atoms with Gasteiger partial charge in [-0.1, -0.05) is 13.8 Å². The van der Waals surface area contributed by atoms with E-state index in [0.717, 1.165) is 0 Å². The van der Waals surface area contributed by atoms with Crippen molar-refractivity contribution >= 4 is 37.4 Å². The van der Waals surface area contributed by atoms with Crippen LogP contribution in [-0.4, -0.2) is 27.3 Å². The molecule has 0 saturated carbocycles. The fourth-order valence-electron chi connectivity index (χ4n) is 1.01. The first-order valence-corrected chi connectivity index (χ1v) is 5.94. The van der Waals surface area contributed by atoms with Gasteiger partial charge in [-0.05, 0) is 6.42 Å². The summed E-state index contributed by atoms with van der Waals surface area (Å²) in [5.74, 6) is -1.46. The monoisotopic (exact) mass is 302 g/mol. The highest BCUT2D eigenvalue weighted by Crippen LogP contribution is 2.04. The lowest BCUT2D eigenvalue weighted by Crippen LogP contribution is -2.30. The number of nitrogens with one attached hydrogen (secondary N) is 2. The second kappa shape index (κ2) is 10.4. The number of carbonyl (C=O) groups is 2. The lowest BCUT2D eigenvalue weighted by Gasteiger charge is -2.13. The molecule has 0 radical (unpaired) electrons. The first-order chi connectivity index (χ1) is 9.52. The highest BCUT2D eigenvalue weighted by molar-refractivity contribution is 7.75. The molecule has 0 bridgehead atoms. The Morgan fingerprint density at radius 3 is 2.28 bits per heavy atom. The summed E-state index contributed by atoms with van der Waals surface area (Å²) >= 11 is 0.600. The summed E-state index contributed by atoms with van der Waals surface area (Å²) in [6, 6.07) is 0. The minimum Gasteiger partial charge on any atom is -0.381 e. The van der Waals surface area contributed by atoms with Crippen molar-refractivity contribution in [2.45, 2.75) is 20.3 Å². The number of thiol groups is 2. The Hall–Kier alpha value is -0.480. The minimum atomic E-state index is -0.422. The molecule has 0 aliphatic rings. The van der Waals surface area contributed by atoms with Gasteiger partial charge in [0.25, 0.3) is 0 Å². The molecule has 2 N–H and O–H groups in total. The molecule has 0 aromatic heterocycles. The third kappa shape index (κ3) is 7.77. The normalized spacial score (nSPS) is 15.2. The predicted octanol–water partition coefficient (Wildman–Crippen LogP) is 0.450. The van der Waals surface area contributed by atoms with Gasteiger partial charge < -0.3 is 4.74 Å². The van der Waals surface area contributed by atoms with Crippen LogP contribution in [0.2, 0.25) is 0 Å². The summed E-state index contributed by atoms with van der Waals surface area (Å²) < 4.78 is 27.3. The molecule has 2 atom stereocenters. The molecule has 2 amide bonds. The van der Waals surface area contributed by atoms with Gasteiger partial charge in [-0.2, -0.15) is 0 Å². The van der Waals surface area contributed by atoms with E-state index >= 15 is 0 Å². The van der Waals surface area contributed by atoms with Crippen LogP contribution in [0.15, 0.2) is 0 Å². The molecule has 0 aliphatic carbocycles. The number of hydrogen-bond donors (Lipinski definition) is 4. The zero-order valence-electron chi connectivity index (χ0n) is 12.1. The van der Waals surface area contributed by atoms with Crippen LogP contribution >= 0.6 is 25.6 Å². The molecule has 18 heavy (non-hydrogen) atoms. The molecule has 106 valence electrons. The average Bonchev–Trinajstić information content (AvgIpc) is 2.45. The topological polar surface area (TPSA) is 85.9 Å². The lowest BCUT2D eigenvalue weighted by molar-refractivity contribution is -0.133. The maximum absolute atomic E-state index is 11.4. The quantitative estimate of drug-likeness (QED) is 0.193. The van der Waals surface area contributed by atoms with Crippen LogP contribution in [-0.2, 0) is 22.9 Å². The number of amides is 2. The zero-order valence-corrected chi connectivity index (χ0v) is 11.8. The van der Waals surface area contributed by atoms with Crippen LogP contribution in [0, 0.1) is 11.8 Å². The van der Waals surface area contributed by atoms with E-state index in [1.165, 1.54) is 0 Å². The fourth-order valence-corrected chi connectivity index (χ4v) is 1.17. The van der Waals surface area contributed by atoms with Gasteiger partial charge in [0.1, 0.15) is 2.25 Å². The SMILES string of the molecule is [3H]SONC(=O)C(C)CCOCC(C)C(=O)NOS[3H]. The van der Waals surface area contributed by atoms with Crippen molar-refractivity contribution in [1.82, 2.24) is 11.0 Å². The van der Waals surface area contributed by atoms with Crippen molar-refractivity contribution in [3.8, 4) is 0 Å². The van der Waals surface area contributed by atoms with Crippen LogP contribution in [0.5, 0.6) is 0 Å². The lowest BCUT2D eigenvalue weighted by atomic mass is 10.1. The van der Waals surface area contributed by atoms with Crippen molar-refractivity contribution in [2.24, 2.45) is 11.8 Å². The first-order valence-electron chi connectivity index (χ1n) is 6.09. The molecule has 0 heterocycles. The molecular formula is C9H18N2O5S2. The van der Waals surface area contributed by atoms with Crippen molar-refractivity contribution in [3.05, 3.63) is 0 Å². The molecule has 0 spiro atoms. The van der Waals surface area contributed by atoms with Crippen LogP contribution in [0.3, 0.4) is 0 Å². The predicted molar refractivity (Wildman–Crippen MR) is 70.2 cm³/mol. The number of carbonyl (C=O) groups excluding carboxylic acids is 2. The third-order valence-electron chi connectivity index (χ3n) is 2.24. The van der Waals surface area contributed by atoms with E-state index in [9.17, 15) is 9.59 Å². The van der Waals surface area contributed by atoms with Gasteiger partial charge in [-0.15, -0.1) is 0 Å². The van der Waals surface area contributed by atoms with E-state index < -0.39 is 5.92 Å². The summed E-state index contributed by atoms with van der Waals surface area (Å²) in [7, 11) is 0. The maximum atomic E-state index is 11.4. The molecule has 0 rings (SSSR count). The summed E-state index contributed by atoms with van der Waals surface area (Å²) in [4.78, 5) is 22.7. The number of ether oxygens (including phenoxy) is 1. The molecule has 0 aliphatic heterocycles. The minimum absolute atomic E-state index is 0.186. The summed E-state index contributed by atoms with van der Waals surface area (Å²) in [5.41, 5.74) is 4.18. The van der Waals surface area contributed by atoms with Crippen molar-refractivity contribution in [2.75, 3.05) is 13.2 Å². The summed E-state index contributed by atoms with van der Waals surface area (Å²) in [5, 5.41) is 0. The Balaban J connectivity index is 3.69. The van der Waals surface area contributed by atoms with Gasteiger partial charge in [0, 0.05) is 38.2 Å². The molecule has 9 heteroatoms. The largest absolute Gasteiger partial charge is 0.381 e. The Kier molecular flexibility index (Phi) is 8.09. The van der Waals surface area contributed by atoms with Crippen molar-refractivity contribution < 1.29 is 22.9 Å². The third-order valence-corrected chi connectivity index (χ3v) is 2.41. The second-order valence-corrected chi connectivity index (χ2v) is 4.10. The molecule has 0 fully saturated rings. The summed E-state index contributed by atoms with van der Waals surface area (Å²) in [6.07, 6.45) is 0.464. The van der Waals surface area contributed by atoms with Gasteiger partial charge in [-0.3, -0.25) is 9.59 Å². The zero-order chi connectivity index (χ0) is 15.4. The second-order valence-electron chi connectivity index (χ2n) is 3.76. The van der Waals surface area contributed by atoms with Gasteiger partial charge in [0.2, 0.25) is 11.8 Å². The molecular weight excluding hydrogens is 280 g/mol. The smallest absolute Gasteiger partial charge is 0.249 e. The van der Waals surface area contributed by atoms with Crippen molar-refractivity contribution in [1.29, 1.82) is 2.25 Å². The number of hydroxylamine groups is 2. The Labute approximate surface area is 119 Å². The van der Waals surface area contributed by atoms with Crippen molar-refractivity contribution in [3.63, 3.8) is 0 Å². The highest BCUT2D eigenvalue weighted by Gasteiger charge is 2.15. The molecule has 2 unspecified atom stereocenters. The van der Waals surface area contributed by atoms with Crippen LogP contribution in [0.25, 0.3) is 0 Å². The van der Waals surface area contributed by atoms with Gasteiger partial charge in [0.05, 0.1) is 12.5 Å². The number of hydrogen-bond acceptors (Lipinski definition) is 7. The Morgan fingerprint density at radius 2 is 1.72 bits per heavy atom. The highest BCUT2D eigenvalue weighted by atomic mass is 32.1. The molecule has 7 nitrogen and oxygen atoms in total. The molecule has 0 aromatic carbocycles. The van der Waals surface area contributed by atoms with Crippen LogP contribution in [0.4, 0.5) is 0 Å². The van der Waals surface area contributed by atoms with Gasteiger partial charge >= 0.3 is 0 Å². The number of rotatable bonds is 11. The van der Waals surface area contributed by atoms with Crippen LogP contribution < -0.4 is 11.0 Å². The Bertz CT molecular complexity index is 274. The van der Waals surface area contributed by atoms with E-state index in [1.54, 1.807) is 13.8 Å². The molecule has 0 aromatic rings. The van der Waals surface area contributed by atoms with E-state index in [0.29, 0.717) is 38.7 Å². The van der Waals surface area contributed by atoms with Crippen LogP contribution in [0.1, 0.15) is 20.3 Å². The van der Waals surface area contributed by atoms with E-state index in [4.69, 9.17) is 6.98 Å². The first kappa shape index (κ1) is 13.9. The van der Waals surface area contributed by atoms with Gasteiger partial charge in [0.15, 0.2) is 0 Å². The fraction of sp³-hybridized carbons (Fsp3) is 0.778. The van der Waals surface area contributed by atoms with E-state index in [1.807, 2.05) is 0 Å².